The smallest absolute Gasteiger partial charge is 0.305 e. The zero-order chi connectivity index (χ0) is 34.3. The molecule has 0 saturated heterocycles. The predicted octanol–water partition coefficient (Wildman–Crippen LogP) is 8.09. The van der Waals surface area contributed by atoms with Crippen molar-refractivity contribution >= 4 is 35.5 Å². The predicted molar refractivity (Wildman–Crippen MR) is 176 cm³/mol. The van der Waals surface area contributed by atoms with Gasteiger partial charge in [0, 0.05) is 24.3 Å². The summed E-state index contributed by atoms with van der Waals surface area (Å²) in [6.07, 6.45) is 0.604. The molecule has 0 aliphatic heterocycles. The first-order chi connectivity index (χ1) is 19.9. The van der Waals surface area contributed by atoms with Gasteiger partial charge in [0.05, 0.1) is 23.2 Å². The molecule has 44 heavy (non-hydrogen) atoms. The maximum absolute atomic E-state index is 12.2. The number of carbonyl (C=O) groups is 2. The van der Waals surface area contributed by atoms with Crippen LogP contribution in [0.2, 0.25) is 0 Å². The van der Waals surface area contributed by atoms with E-state index in [9.17, 15) is 20.1 Å². The van der Waals surface area contributed by atoms with E-state index in [1.54, 1.807) is 13.8 Å². The average Bonchev–Trinajstić information content (AvgIpc) is 2.91. The third-order valence-corrected chi connectivity index (χ3v) is 7.71. The third-order valence-electron chi connectivity index (χ3n) is 5.39. The average molecular weight is 653 g/mol. The molecule has 0 bridgehead atoms. The molecule has 0 rings (SSSR count). The monoisotopic (exact) mass is 652 g/mol. The van der Waals surface area contributed by atoms with Crippen LogP contribution < -0.4 is 0 Å². The van der Waals surface area contributed by atoms with E-state index in [0.29, 0.717) is 11.5 Å². The molecular formula is C30H52N8O4S2. The summed E-state index contributed by atoms with van der Waals surface area (Å²) in [5, 5.41) is 44.5. The van der Waals surface area contributed by atoms with Crippen molar-refractivity contribution < 1.29 is 19.1 Å². The summed E-state index contributed by atoms with van der Waals surface area (Å²) in [5.41, 5.74) is -2.94. The lowest BCUT2D eigenvalue weighted by atomic mass is 9.99. The highest BCUT2D eigenvalue weighted by Crippen LogP contribution is 2.32. The SMILES string of the molecule is CC(C)(C)N=NC(C)(C#N)CCC(=O)OCCSC(C)(C)/N=N/C(C)(C)SCCOC(=O)CCC(C)(C#N)N=NC(C)(C)C. The highest BCUT2D eigenvalue weighted by Gasteiger charge is 2.28. The number of hydrogen-bond donors (Lipinski definition) is 0. The Bertz CT molecular complexity index is 1030. The van der Waals surface area contributed by atoms with Crippen molar-refractivity contribution in [3.8, 4) is 12.1 Å². The first-order valence-corrected chi connectivity index (χ1v) is 16.7. The maximum atomic E-state index is 12.2. The second kappa shape index (κ2) is 17.8. The Morgan fingerprint density at radius 1 is 0.568 bits per heavy atom. The Balaban J connectivity index is 4.50. The number of nitriles is 2. The van der Waals surface area contributed by atoms with Crippen LogP contribution in [-0.2, 0) is 19.1 Å². The molecule has 0 N–H and O–H groups in total. The fourth-order valence-electron chi connectivity index (χ4n) is 2.80. The van der Waals surface area contributed by atoms with Crippen molar-refractivity contribution in [2.75, 3.05) is 24.7 Å². The molecule has 0 aromatic rings. The van der Waals surface area contributed by atoms with Crippen LogP contribution in [0.5, 0.6) is 0 Å². The van der Waals surface area contributed by atoms with Gasteiger partial charge < -0.3 is 9.47 Å². The Morgan fingerprint density at radius 2 is 0.886 bits per heavy atom. The fourth-order valence-corrected chi connectivity index (χ4v) is 4.33. The summed E-state index contributed by atoms with van der Waals surface area (Å²) in [6.45, 7) is 22.8. The lowest BCUT2D eigenvalue weighted by molar-refractivity contribution is -0.144. The molecule has 14 heteroatoms. The minimum absolute atomic E-state index is 0.0739. The molecule has 0 aromatic heterocycles. The number of rotatable bonds is 18. The summed E-state index contributed by atoms with van der Waals surface area (Å²) < 4.78 is 10.7. The van der Waals surface area contributed by atoms with Crippen molar-refractivity contribution in [3.63, 3.8) is 0 Å². The molecule has 2 atom stereocenters. The van der Waals surface area contributed by atoms with E-state index < -0.39 is 31.9 Å². The molecule has 12 nitrogen and oxygen atoms in total. The first kappa shape index (κ1) is 41.4. The second-order valence-electron chi connectivity index (χ2n) is 13.7. The highest BCUT2D eigenvalue weighted by atomic mass is 32.2. The van der Waals surface area contributed by atoms with Gasteiger partial charge in [-0.25, -0.2) is 0 Å². The number of esters is 2. The summed E-state index contributed by atoms with van der Waals surface area (Å²) >= 11 is 3.01. The first-order valence-electron chi connectivity index (χ1n) is 14.7. The normalized spacial score (nSPS) is 16.0. The number of nitrogens with zero attached hydrogens (tertiary/aromatic N) is 8. The summed E-state index contributed by atoms with van der Waals surface area (Å²) in [4.78, 5) is 23.3. The standard InChI is InChI=1S/C30H52N8O4S2/c1-25(2,3)33-37-29(11,21-31)15-13-23(39)41-17-19-43-27(7,8)35-36-28(9,10)44-20-18-42-24(40)14-16-30(12,22-32)38-34-26(4,5)6/h13-20H2,1-12H3/b36-35+,37-33?,38-34?. The molecule has 0 spiro atoms. The van der Waals surface area contributed by atoms with Crippen LogP contribution in [0, 0.1) is 22.7 Å². The van der Waals surface area contributed by atoms with Crippen molar-refractivity contribution in [1.82, 2.24) is 0 Å². The van der Waals surface area contributed by atoms with Crippen LogP contribution in [0.25, 0.3) is 0 Å². The van der Waals surface area contributed by atoms with E-state index in [1.165, 1.54) is 23.5 Å². The summed E-state index contributed by atoms with van der Waals surface area (Å²) in [7, 11) is 0. The van der Waals surface area contributed by atoms with Crippen LogP contribution in [0.15, 0.2) is 30.7 Å². The van der Waals surface area contributed by atoms with E-state index in [2.05, 4.69) is 42.8 Å². The van der Waals surface area contributed by atoms with Gasteiger partial charge in [-0.05, 0) is 95.9 Å². The van der Waals surface area contributed by atoms with Crippen LogP contribution >= 0.6 is 23.5 Å². The van der Waals surface area contributed by atoms with E-state index in [0.717, 1.165) is 0 Å². The van der Waals surface area contributed by atoms with Crippen LogP contribution in [0.4, 0.5) is 0 Å². The van der Waals surface area contributed by atoms with Gasteiger partial charge in [0.2, 0.25) is 0 Å². The lowest BCUT2D eigenvalue weighted by Crippen LogP contribution is -2.23. The van der Waals surface area contributed by atoms with Gasteiger partial charge in [-0.2, -0.15) is 41.2 Å². The van der Waals surface area contributed by atoms with Gasteiger partial charge in [-0.15, -0.1) is 23.5 Å². The molecule has 0 fully saturated rings. The maximum Gasteiger partial charge on any atom is 0.305 e. The van der Waals surface area contributed by atoms with E-state index in [1.807, 2.05) is 69.2 Å². The molecule has 0 aliphatic rings. The lowest BCUT2D eigenvalue weighted by Gasteiger charge is -2.22. The summed E-state index contributed by atoms with van der Waals surface area (Å²) in [5.74, 6) is 0.285. The molecule has 0 heterocycles. The zero-order valence-electron chi connectivity index (χ0n) is 28.7. The molecule has 0 radical (unpaired) electrons. The minimum atomic E-state index is -1.07. The van der Waals surface area contributed by atoms with Crippen LogP contribution in [0.1, 0.15) is 109 Å². The molecule has 0 amide bonds. The van der Waals surface area contributed by atoms with Crippen molar-refractivity contribution in [2.24, 2.45) is 30.7 Å². The van der Waals surface area contributed by atoms with Gasteiger partial charge in [0.15, 0.2) is 11.1 Å². The molecule has 0 aliphatic carbocycles. The number of hydrogen-bond acceptors (Lipinski definition) is 14. The van der Waals surface area contributed by atoms with Gasteiger partial charge >= 0.3 is 11.9 Å². The molecule has 2 unspecified atom stereocenters. The Hall–Kier alpha value is -2.58. The van der Waals surface area contributed by atoms with E-state index in [-0.39, 0.29) is 50.8 Å². The fraction of sp³-hybridized carbons (Fsp3) is 0.867. The molecule has 0 saturated carbocycles. The Morgan fingerprint density at radius 3 is 1.16 bits per heavy atom. The Kier molecular flexibility index (Phi) is 16.7. The van der Waals surface area contributed by atoms with E-state index in [4.69, 9.17) is 9.47 Å². The number of carbonyl (C=O) groups excluding carboxylic acids is 2. The van der Waals surface area contributed by atoms with Gasteiger partial charge in [-0.3, -0.25) is 9.59 Å². The van der Waals surface area contributed by atoms with Gasteiger partial charge in [0.1, 0.15) is 23.0 Å². The number of thioether (sulfide) groups is 2. The summed E-state index contributed by atoms with van der Waals surface area (Å²) in [6, 6.07) is 4.25. The number of ether oxygens (including phenoxy) is 2. The van der Waals surface area contributed by atoms with Crippen molar-refractivity contribution in [1.29, 1.82) is 10.5 Å². The van der Waals surface area contributed by atoms with Crippen molar-refractivity contribution in [3.05, 3.63) is 0 Å². The quantitative estimate of drug-likeness (QED) is 0.0810. The number of azo groups is 3. The van der Waals surface area contributed by atoms with Gasteiger partial charge in [-0.1, -0.05) is 0 Å². The second-order valence-corrected chi connectivity index (χ2v) is 17.1. The van der Waals surface area contributed by atoms with Crippen molar-refractivity contribution in [2.45, 2.75) is 141 Å². The highest BCUT2D eigenvalue weighted by molar-refractivity contribution is 8.00. The van der Waals surface area contributed by atoms with Crippen LogP contribution in [-0.4, -0.2) is 68.6 Å². The molecular weight excluding hydrogens is 601 g/mol. The van der Waals surface area contributed by atoms with Gasteiger partial charge in [0.25, 0.3) is 0 Å². The third kappa shape index (κ3) is 21.2. The van der Waals surface area contributed by atoms with Crippen LogP contribution in [0.3, 0.4) is 0 Å². The largest absolute Gasteiger partial charge is 0.465 e. The minimum Gasteiger partial charge on any atom is -0.465 e. The molecule has 248 valence electrons. The van der Waals surface area contributed by atoms with E-state index >= 15 is 0 Å². The molecule has 0 aromatic carbocycles. The zero-order valence-corrected chi connectivity index (χ0v) is 30.3. The topological polar surface area (TPSA) is 174 Å². The Labute approximate surface area is 272 Å².